The van der Waals surface area contributed by atoms with Crippen molar-refractivity contribution in [1.29, 1.82) is 0 Å². The van der Waals surface area contributed by atoms with Crippen molar-refractivity contribution >= 4 is 21.6 Å². The van der Waals surface area contributed by atoms with Crippen LogP contribution < -0.4 is 0 Å². The SMILES string of the molecule is Cc1nnc(CCN2CCN(S(=O)(=O)c3ccc(Cl)cc3)CC2)o1. The number of hydrogen-bond donors (Lipinski definition) is 0. The maximum atomic E-state index is 12.6. The van der Waals surface area contributed by atoms with Crippen LogP contribution in [0.15, 0.2) is 33.6 Å². The van der Waals surface area contributed by atoms with Crippen molar-refractivity contribution in [2.75, 3.05) is 32.7 Å². The molecule has 0 aliphatic carbocycles. The Labute approximate surface area is 146 Å². The van der Waals surface area contributed by atoms with Gasteiger partial charge in [-0.1, -0.05) is 11.6 Å². The monoisotopic (exact) mass is 370 g/mol. The van der Waals surface area contributed by atoms with Gasteiger partial charge in [0.05, 0.1) is 4.90 Å². The van der Waals surface area contributed by atoms with Crippen molar-refractivity contribution in [1.82, 2.24) is 19.4 Å². The van der Waals surface area contributed by atoms with Gasteiger partial charge in [0, 0.05) is 51.1 Å². The minimum atomic E-state index is -3.46. The molecule has 1 aromatic carbocycles. The Bertz CT molecular complexity index is 783. The van der Waals surface area contributed by atoms with E-state index in [4.69, 9.17) is 16.0 Å². The molecule has 0 spiro atoms. The molecule has 1 fully saturated rings. The molecule has 9 heteroatoms. The molecular formula is C15H19ClN4O3S. The topological polar surface area (TPSA) is 79.5 Å². The second-order valence-electron chi connectivity index (χ2n) is 5.66. The molecule has 3 rings (SSSR count). The molecule has 1 aromatic heterocycles. The van der Waals surface area contributed by atoms with Crippen LogP contribution in [0.4, 0.5) is 0 Å². The van der Waals surface area contributed by atoms with Gasteiger partial charge in [-0.3, -0.25) is 0 Å². The van der Waals surface area contributed by atoms with Gasteiger partial charge in [-0.05, 0) is 24.3 Å². The van der Waals surface area contributed by atoms with Gasteiger partial charge in [0.25, 0.3) is 0 Å². The third-order valence-electron chi connectivity index (χ3n) is 3.99. The molecule has 0 atom stereocenters. The summed E-state index contributed by atoms with van der Waals surface area (Å²) in [4.78, 5) is 2.48. The maximum absolute atomic E-state index is 12.6. The van der Waals surface area contributed by atoms with Crippen molar-refractivity contribution in [2.24, 2.45) is 0 Å². The number of halogens is 1. The minimum Gasteiger partial charge on any atom is -0.426 e. The molecule has 7 nitrogen and oxygen atoms in total. The largest absolute Gasteiger partial charge is 0.426 e. The summed E-state index contributed by atoms with van der Waals surface area (Å²) >= 11 is 5.82. The zero-order chi connectivity index (χ0) is 17.2. The second-order valence-corrected chi connectivity index (χ2v) is 8.04. The zero-order valence-electron chi connectivity index (χ0n) is 13.4. The zero-order valence-corrected chi connectivity index (χ0v) is 14.9. The maximum Gasteiger partial charge on any atom is 0.243 e. The summed E-state index contributed by atoms with van der Waals surface area (Å²) in [5.41, 5.74) is 0. The average Bonchev–Trinajstić information content (AvgIpc) is 2.99. The minimum absolute atomic E-state index is 0.279. The second kappa shape index (κ2) is 7.18. The van der Waals surface area contributed by atoms with E-state index >= 15 is 0 Å². The fourth-order valence-corrected chi connectivity index (χ4v) is 4.19. The molecule has 1 aliphatic heterocycles. The predicted molar refractivity (Wildman–Crippen MR) is 89.4 cm³/mol. The summed E-state index contributed by atoms with van der Waals surface area (Å²) < 4.78 is 32.1. The normalized spacial score (nSPS) is 17.2. The highest BCUT2D eigenvalue weighted by molar-refractivity contribution is 7.89. The standard InChI is InChI=1S/C15H19ClN4O3S/c1-12-17-18-15(23-12)6-7-19-8-10-20(11-9-19)24(21,22)14-4-2-13(16)3-5-14/h2-5H,6-11H2,1H3. The fourth-order valence-electron chi connectivity index (χ4n) is 2.64. The van der Waals surface area contributed by atoms with Gasteiger partial charge in [-0.2, -0.15) is 4.31 Å². The first-order valence-electron chi connectivity index (χ1n) is 7.72. The van der Waals surface area contributed by atoms with E-state index in [1.807, 2.05) is 0 Å². The number of benzene rings is 1. The highest BCUT2D eigenvalue weighted by atomic mass is 35.5. The molecule has 1 saturated heterocycles. The van der Waals surface area contributed by atoms with Crippen molar-refractivity contribution < 1.29 is 12.8 Å². The van der Waals surface area contributed by atoms with Gasteiger partial charge in [0.15, 0.2) is 0 Å². The van der Waals surface area contributed by atoms with Crippen LogP contribution in [0.2, 0.25) is 5.02 Å². The first-order valence-corrected chi connectivity index (χ1v) is 9.54. The lowest BCUT2D eigenvalue weighted by Crippen LogP contribution is -2.49. The van der Waals surface area contributed by atoms with Crippen molar-refractivity contribution in [3.05, 3.63) is 41.1 Å². The molecule has 24 heavy (non-hydrogen) atoms. The Morgan fingerprint density at radius 3 is 2.38 bits per heavy atom. The van der Waals surface area contributed by atoms with E-state index in [0.717, 1.165) is 6.54 Å². The highest BCUT2D eigenvalue weighted by Crippen LogP contribution is 2.19. The van der Waals surface area contributed by atoms with Crippen LogP contribution in [0.5, 0.6) is 0 Å². The lowest BCUT2D eigenvalue weighted by atomic mass is 10.3. The number of hydrogen-bond acceptors (Lipinski definition) is 6. The van der Waals surface area contributed by atoms with E-state index in [9.17, 15) is 8.42 Å². The molecule has 2 aromatic rings. The van der Waals surface area contributed by atoms with Gasteiger partial charge in [-0.25, -0.2) is 8.42 Å². The Hall–Kier alpha value is -1.48. The predicted octanol–water partition coefficient (Wildman–Crippen LogP) is 1.58. The Kier molecular flexibility index (Phi) is 5.19. The Morgan fingerprint density at radius 1 is 1.12 bits per heavy atom. The molecular weight excluding hydrogens is 352 g/mol. The van der Waals surface area contributed by atoms with Crippen LogP contribution >= 0.6 is 11.6 Å². The van der Waals surface area contributed by atoms with Gasteiger partial charge < -0.3 is 9.32 Å². The van der Waals surface area contributed by atoms with E-state index in [1.54, 1.807) is 31.2 Å². The van der Waals surface area contributed by atoms with Crippen LogP contribution in [0, 0.1) is 6.92 Å². The number of rotatable bonds is 5. The number of sulfonamides is 1. The molecule has 130 valence electrons. The number of piperazine rings is 1. The average molecular weight is 371 g/mol. The molecule has 1 aliphatic rings. The van der Waals surface area contributed by atoms with Gasteiger partial charge in [0.2, 0.25) is 21.8 Å². The molecule has 0 saturated carbocycles. The van der Waals surface area contributed by atoms with Crippen LogP contribution in [0.25, 0.3) is 0 Å². The lowest BCUT2D eigenvalue weighted by Gasteiger charge is -2.33. The van der Waals surface area contributed by atoms with Crippen molar-refractivity contribution in [2.45, 2.75) is 18.2 Å². The van der Waals surface area contributed by atoms with Crippen molar-refractivity contribution in [3.63, 3.8) is 0 Å². The van der Waals surface area contributed by atoms with Gasteiger partial charge >= 0.3 is 0 Å². The number of nitrogens with zero attached hydrogens (tertiary/aromatic N) is 4. The summed E-state index contributed by atoms with van der Waals surface area (Å²) in [7, 11) is -3.46. The quantitative estimate of drug-likeness (QED) is 0.795. The number of aryl methyl sites for hydroxylation is 1. The number of aromatic nitrogens is 2. The van der Waals surface area contributed by atoms with Crippen LogP contribution in [0.3, 0.4) is 0 Å². The fraction of sp³-hybridized carbons (Fsp3) is 0.467. The third-order valence-corrected chi connectivity index (χ3v) is 6.16. The molecule has 0 N–H and O–H groups in total. The Morgan fingerprint density at radius 2 is 1.79 bits per heavy atom. The van der Waals surface area contributed by atoms with Crippen LogP contribution in [-0.2, 0) is 16.4 Å². The molecule has 0 bridgehead atoms. The van der Waals surface area contributed by atoms with E-state index in [0.29, 0.717) is 49.4 Å². The van der Waals surface area contributed by atoms with E-state index < -0.39 is 10.0 Å². The summed E-state index contributed by atoms with van der Waals surface area (Å²) in [6.07, 6.45) is 0.671. The first kappa shape index (κ1) is 17.3. The third kappa shape index (κ3) is 3.94. The van der Waals surface area contributed by atoms with Crippen LogP contribution in [0.1, 0.15) is 11.8 Å². The first-order chi connectivity index (χ1) is 11.4. The molecule has 0 radical (unpaired) electrons. The summed E-state index contributed by atoms with van der Waals surface area (Å²) in [6.45, 7) is 4.83. The lowest BCUT2D eigenvalue weighted by molar-refractivity contribution is 0.186. The smallest absolute Gasteiger partial charge is 0.243 e. The van der Waals surface area contributed by atoms with Crippen LogP contribution in [-0.4, -0.2) is 60.5 Å². The van der Waals surface area contributed by atoms with E-state index in [2.05, 4.69) is 15.1 Å². The van der Waals surface area contributed by atoms with E-state index in [1.165, 1.54) is 4.31 Å². The molecule has 0 unspecified atom stereocenters. The molecule has 2 heterocycles. The summed E-state index contributed by atoms with van der Waals surface area (Å²) in [5.74, 6) is 1.17. The molecule has 0 amide bonds. The van der Waals surface area contributed by atoms with Gasteiger partial charge in [0.1, 0.15) is 0 Å². The highest BCUT2D eigenvalue weighted by Gasteiger charge is 2.28. The van der Waals surface area contributed by atoms with Gasteiger partial charge in [-0.15, -0.1) is 10.2 Å². The summed E-state index contributed by atoms with van der Waals surface area (Å²) in [5, 5.41) is 8.30. The van der Waals surface area contributed by atoms with Crippen molar-refractivity contribution in [3.8, 4) is 0 Å². The Balaban J connectivity index is 1.55. The summed E-state index contributed by atoms with van der Waals surface area (Å²) in [6, 6.07) is 6.28. The van der Waals surface area contributed by atoms with E-state index in [-0.39, 0.29) is 4.90 Å².